The van der Waals surface area contributed by atoms with Gasteiger partial charge in [-0.05, 0) is 62.9 Å². The van der Waals surface area contributed by atoms with Crippen molar-refractivity contribution < 1.29 is 33.0 Å². The van der Waals surface area contributed by atoms with Gasteiger partial charge < -0.3 is 25.6 Å². The summed E-state index contributed by atoms with van der Waals surface area (Å²) in [5.74, 6) is -3.06. The summed E-state index contributed by atoms with van der Waals surface area (Å²) < 4.78 is 40.5. The smallest absolute Gasteiger partial charge is 0.251 e. The molecule has 1 saturated carbocycles. The van der Waals surface area contributed by atoms with Gasteiger partial charge in [-0.3, -0.25) is 9.59 Å². The van der Waals surface area contributed by atoms with Gasteiger partial charge in [0.15, 0.2) is 0 Å². The van der Waals surface area contributed by atoms with E-state index in [0.717, 1.165) is 6.07 Å². The minimum absolute atomic E-state index is 0.0550. The molecule has 1 aliphatic carbocycles. The molecule has 2 aromatic heterocycles. The van der Waals surface area contributed by atoms with Crippen molar-refractivity contribution in [3.8, 4) is 22.8 Å². The van der Waals surface area contributed by atoms with E-state index in [4.69, 9.17) is 38.4 Å². The predicted octanol–water partition coefficient (Wildman–Crippen LogP) is 5.36. The third kappa shape index (κ3) is 5.22. The summed E-state index contributed by atoms with van der Waals surface area (Å²) in [6, 6.07) is 8.03. The highest BCUT2D eigenvalue weighted by atomic mass is 35.5. The quantitative estimate of drug-likeness (QED) is 0.217. The van der Waals surface area contributed by atoms with Crippen LogP contribution in [0.3, 0.4) is 0 Å². The van der Waals surface area contributed by atoms with Gasteiger partial charge in [-0.1, -0.05) is 23.2 Å². The number of nitrogens with two attached hydrogens (primary N) is 1. The monoisotopic (exact) mass is 656 g/mol. The number of halogens is 4. The van der Waals surface area contributed by atoms with Gasteiger partial charge >= 0.3 is 0 Å². The fourth-order valence-electron chi connectivity index (χ4n) is 5.63. The van der Waals surface area contributed by atoms with Crippen molar-refractivity contribution in [1.82, 2.24) is 15.3 Å². The molecule has 0 unspecified atom stereocenters. The number of aromatic nitrogens is 2. The number of ether oxygens (including phenoxy) is 2. The Kier molecular flexibility index (Phi) is 7.62. The minimum atomic E-state index is -1.75. The molecule has 2 amide bonds. The zero-order valence-electron chi connectivity index (χ0n) is 24.4. The van der Waals surface area contributed by atoms with Crippen LogP contribution in [-0.4, -0.2) is 47.2 Å². The predicted molar refractivity (Wildman–Crippen MR) is 164 cm³/mol. The summed E-state index contributed by atoms with van der Waals surface area (Å²) in [7, 11) is 1.46. The van der Waals surface area contributed by atoms with Gasteiger partial charge in [-0.15, -0.1) is 0 Å². The molecule has 4 N–H and O–H groups in total. The van der Waals surface area contributed by atoms with Crippen LogP contribution in [-0.2, 0) is 15.8 Å². The normalized spacial score (nSPS) is 18.7. The van der Waals surface area contributed by atoms with E-state index < -0.39 is 34.5 Å². The minimum Gasteiger partial charge on any atom is -0.494 e. The largest absolute Gasteiger partial charge is 0.494 e. The van der Waals surface area contributed by atoms with Crippen molar-refractivity contribution in [2.24, 2.45) is 11.7 Å². The number of fused-ring (bicyclic) bond motifs is 2. The van der Waals surface area contributed by atoms with Crippen molar-refractivity contribution in [3.05, 3.63) is 80.6 Å². The van der Waals surface area contributed by atoms with Crippen LogP contribution in [0.15, 0.2) is 36.4 Å². The van der Waals surface area contributed by atoms with E-state index >= 15 is 4.39 Å². The Bertz CT molecular complexity index is 1920. The molecule has 9 nitrogen and oxygen atoms in total. The number of benzene rings is 2. The van der Waals surface area contributed by atoms with E-state index in [1.807, 2.05) is 0 Å². The molecule has 2 aromatic carbocycles. The lowest BCUT2D eigenvalue weighted by Gasteiger charge is -2.30. The summed E-state index contributed by atoms with van der Waals surface area (Å²) in [5.41, 5.74) is 4.10. The summed E-state index contributed by atoms with van der Waals surface area (Å²) in [6.07, 6.45) is 1.24. The molecule has 0 saturated heterocycles. The number of amides is 2. The second-order valence-electron chi connectivity index (χ2n) is 11.7. The lowest BCUT2D eigenvalue weighted by Crippen LogP contribution is -2.44. The molecule has 0 radical (unpaired) electrons. The molecule has 45 heavy (non-hydrogen) atoms. The van der Waals surface area contributed by atoms with Gasteiger partial charge in [-0.25, -0.2) is 18.7 Å². The number of carbonyl (C=O) groups excluding carboxylic acids is 2. The number of carbonyl (C=O) groups is 2. The number of methoxy groups -OCH3 is 1. The Hall–Kier alpha value is -4.06. The second kappa shape index (κ2) is 11.1. The molecule has 6 rings (SSSR count). The lowest BCUT2D eigenvalue weighted by atomic mass is 9.81. The number of nitrogens with one attached hydrogen (secondary N) is 1. The van der Waals surface area contributed by atoms with Crippen LogP contribution in [0.25, 0.3) is 22.2 Å². The molecular formula is C32H28Cl2F2N4O5. The highest BCUT2D eigenvalue weighted by molar-refractivity contribution is 6.32. The fourth-order valence-corrected chi connectivity index (χ4v) is 5.95. The van der Waals surface area contributed by atoms with Gasteiger partial charge in [-0.2, -0.15) is 0 Å². The Morgan fingerprint density at radius 1 is 1.13 bits per heavy atom. The third-order valence-corrected chi connectivity index (χ3v) is 9.26. The Labute approximate surface area is 266 Å². The van der Waals surface area contributed by atoms with E-state index in [2.05, 4.69) is 15.3 Å². The molecular weight excluding hydrogens is 629 g/mol. The van der Waals surface area contributed by atoms with Gasteiger partial charge in [0.1, 0.15) is 52.0 Å². The topological polar surface area (TPSA) is 137 Å². The van der Waals surface area contributed by atoms with Crippen molar-refractivity contribution in [3.63, 3.8) is 0 Å². The first-order valence-corrected chi connectivity index (χ1v) is 14.8. The van der Waals surface area contributed by atoms with E-state index in [1.165, 1.54) is 19.2 Å². The standard InChI is InChI=1S/C32H28Cl2F2N4O5/c1-14-20(33)7-15-6-16(8-24(44-3)26(15)39-14)29(41)38-12-32(43,17-4-5-17)25-10-19-28(45-13-31(19,2)30(37)42)27(40-25)18-9-21(34)23(36)11-22(18)35/h6-11,17,43H,4-5,12-13H2,1-3H3,(H2,37,42)(H,38,41)/t31-,32+/m0/s1. The zero-order valence-corrected chi connectivity index (χ0v) is 25.9. The highest BCUT2D eigenvalue weighted by Crippen LogP contribution is 2.50. The number of aryl methyl sites for hydroxylation is 1. The Balaban J connectivity index is 1.42. The zero-order chi connectivity index (χ0) is 32.4. The molecule has 2 aliphatic rings. The first-order valence-electron chi connectivity index (χ1n) is 14.1. The third-order valence-electron chi connectivity index (χ3n) is 8.59. The maximum atomic E-state index is 15.2. The summed E-state index contributed by atoms with van der Waals surface area (Å²) in [4.78, 5) is 35.1. The SMILES string of the molecule is COc1cc(C(=O)NC[C@](O)(c2cc3c(c(-c4cc(Cl)c(F)cc4F)n2)OC[C@]3(C)C(N)=O)C2CC2)cc2cc(Cl)c(C)nc12. The molecule has 1 aliphatic heterocycles. The van der Waals surface area contributed by atoms with Crippen LogP contribution in [0, 0.1) is 24.5 Å². The van der Waals surface area contributed by atoms with Crippen LogP contribution < -0.4 is 20.5 Å². The molecule has 1 fully saturated rings. The highest BCUT2D eigenvalue weighted by Gasteiger charge is 2.50. The van der Waals surface area contributed by atoms with E-state index in [9.17, 15) is 19.1 Å². The Morgan fingerprint density at radius 3 is 2.53 bits per heavy atom. The van der Waals surface area contributed by atoms with Crippen LogP contribution in [0.1, 0.15) is 47.1 Å². The van der Waals surface area contributed by atoms with Crippen LogP contribution in [0.2, 0.25) is 10.0 Å². The maximum Gasteiger partial charge on any atom is 0.251 e. The first kappa shape index (κ1) is 30.9. The van der Waals surface area contributed by atoms with Gasteiger partial charge in [0.25, 0.3) is 5.91 Å². The molecule has 4 aromatic rings. The van der Waals surface area contributed by atoms with Crippen LogP contribution in [0.4, 0.5) is 8.78 Å². The van der Waals surface area contributed by atoms with Crippen molar-refractivity contribution >= 4 is 45.9 Å². The number of hydrogen-bond donors (Lipinski definition) is 3. The molecule has 0 spiro atoms. The van der Waals surface area contributed by atoms with Crippen molar-refractivity contribution in [2.45, 2.75) is 37.7 Å². The van der Waals surface area contributed by atoms with Crippen LogP contribution in [0.5, 0.6) is 11.5 Å². The average Bonchev–Trinajstić information content (AvgIpc) is 3.81. The first-order chi connectivity index (χ1) is 21.3. The summed E-state index contributed by atoms with van der Waals surface area (Å²) in [5, 5.41) is 15.6. The van der Waals surface area contributed by atoms with Crippen LogP contribution >= 0.6 is 23.2 Å². The maximum absolute atomic E-state index is 15.2. The van der Waals surface area contributed by atoms with Gasteiger partial charge in [0.05, 0.1) is 35.1 Å². The number of pyridine rings is 2. The average molecular weight is 658 g/mol. The van der Waals surface area contributed by atoms with E-state index in [-0.39, 0.29) is 57.9 Å². The second-order valence-corrected chi connectivity index (χ2v) is 12.5. The van der Waals surface area contributed by atoms with E-state index in [0.29, 0.717) is 46.3 Å². The number of rotatable bonds is 8. The molecule has 3 heterocycles. The Morgan fingerprint density at radius 2 is 1.87 bits per heavy atom. The molecule has 234 valence electrons. The fraction of sp³-hybridized carbons (Fsp3) is 0.312. The number of primary amides is 1. The molecule has 0 bridgehead atoms. The number of nitrogens with zero attached hydrogens (tertiary/aromatic N) is 2. The summed E-state index contributed by atoms with van der Waals surface area (Å²) in [6.45, 7) is 2.88. The van der Waals surface area contributed by atoms with Gasteiger partial charge in [0, 0.05) is 28.1 Å². The van der Waals surface area contributed by atoms with Crippen molar-refractivity contribution in [1.29, 1.82) is 0 Å². The lowest BCUT2D eigenvalue weighted by molar-refractivity contribution is -0.123. The van der Waals surface area contributed by atoms with Gasteiger partial charge in [0.2, 0.25) is 5.91 Å². The number of hydrogen-bond acceptors (Lipinski definition) is 7. The molecule has 13 heteroatoms. The number of aliphatic hydroxyl groups is 1. The summed E-state index contributed by atoms with van der Waals surface area (Å²) >= 11 is 12.3. The van der Waals surface area contributed by atoms with E-state index in [1.54, 1.807) is 26.0 Å². The molecule has 2 atom stereocenters. The van der Waals surface area contributed by atoms with Crippen molar-refractivity contribution in [2.75, 3.05) is 20.3 Å².